The summed E-state index contributed by atoms with van der Waals surface area (Å²) in [6, 6.07) is 14.9. The molecule has 0 unspecified atom stereocenters. The zero-order valence-electron chi connectivity index (χ0n) is 17.5. The van der Waals surface area contributed by atoms with E-state index in [1.165, 1.54) is 25.3 Å². The quantitative estimate of drug-likeness (QED) is 0.496. The van der Waals surface area contributed by atoms with Crippen LogP contribution in [0.4, 0.5) is 9.18 Å². The predicted octanol–water partition coefficient (Wildman–Crippen LogP) is 4.35. The molecule has 1 aliphatic heterocycles. The SMILES string of the molecule is COc1ccc(C(N)=O)c(-c2c(Cl)ccc3c2C[C@@](CNC(=O)O)(c2ccccc2)O3)c1F. The smallest absolute Gasteiger partial charge is 0.404 e. The highest BCUT2D eigenvalue weighted by Crippen LogP contribution is 2.49. The standard InChI is InChI=1S/C24H20ClFN2O5/c1-32-18-9-7-14(22(27)29)20(21(18)26)19-15-11-24(12-28-23(30)31,13-5-3-2-4-6-13)33-17(15)10-8-16(19)25/h2-10,28H,11-12H2,1H3,(H2,27,29)(H,30,31)/t24-/m1/s1. The number of carbonyl (C=O) groups excluding carboxylic acids is 1. The molecule has 0 aliphatic carbocycles. The third kappa shape index (κ3) is 3.93. The Morgan fingerprint density at radius 2 is 1.91 bits per heavy atom. The van der Waals surface area contributed by atoms with E-state index in [0.717, 1.165) is 5.56 Å². The van der Waals surface area contributed by atoms with E-state index in [9.17, 15) is 14.7 Å². The maximum absolute atomic E-state index is 15.5. The fraction of sp³-hybridized carbons (Fsp3) is 0.167. The van der Waals surface area contributed by atoms with Crippen molar-refractivity contribution in [1.29, 1.82) is 0 Å². The summed E-state index contributed by atoms with van der Waals surface area (Å²) in [6.45, 7) is -0.0681. The zero-order valence-corrected chi connectivity index (χ0v) is 18.3. The first kappa shape index (κ1) is 22.4. The van der Waals surface area contributed by atoms with Gasteiger partial charge in [0.15, 0.2) is 17.2 Å². The lowest BCUT2D eigenvalue weighted by Crippen LogP contribution is -2.43. The third-order valence-electron chi connectivity index (χ3n) is 5.65. The van der Waals surface area contributed by atoms with Gasteiger partial charge in [-0.05, 0) is 29.8 Å². The van der Waals surface area contributed by atoms with Crippen LogP contribution in [0.3, 0.4) is 0 Å². The van der Waals surface area contributed by atoms with E-state index < -0.39 is 23.4 Å². The highest BCUT2D eigenvalue weighted by atomic mass is 35.5. The van der Waals surface area contributed by atoms with Gasteiger partial charge in [0, 0.05) is 28.1 Å². The normalized spacial score (nSPS) is 16.6. The summed E-state index contributed by atoms with van der Waals surface area (Å²) >= 11 is 6.53. The number of nitrogens with one attached hydrogen (secondary N) is 1. The van der Waals surface area contributed by atoms with Crippen LogP contribution in [0.1, 0.15) is 21.5 Å². The van der Waals surface area contributed by atoms with Gasteiger partial charge in [0.2, 0.25) is 5.91 Å². The zero-order chi connectivity index (χ0) is 23.8. The van der Waals surface area contributed by atoms with E-state index in [1.54, 1.807) is 6.07 Å². The van der Waals surface area contributed by atoms with Crippen molar-refractivity contribution in [3.05, 3.63) is 82.1 Å². The number of carbonyl (C=O) groups is 2. The molecular weight excluding hydrogens is 451 g/mol. The number of hydrogen-bond acceptors (Lipinski definition) is 4. The van der Waals surface area contributed by atoms with Crippen molar-refractivity contribution in [3.63, 3.8) is 0 Å². The minimum atomic E-state index is -1.21. The number of amides is 2. The average Bonchev–Trinajstić information content (AvgIpc) is 3.18. The number of methoxy groups -OCH3 is 1. The maximum Gasteiger partial charge on any atom is 0.404 e. The molecule has 170 valence electrons. The number of fused-ring (bicyclic) bond motifs is 1. The fourth-order valence-corrected chi connectivity index (χ4v) is 4.43. The van der Waals surface area contributed by atoms with E-state index in [2.05, 4.69) is 5.32 Å². The Hall–Kier alpha value is -3.78. The summed E-state index contributed by atoms with van der Waals surface area (Å²) in [7, 11) is 1.31. The molecule has 0 saturated carbocycles. The second kappa shape index (κ2) is 8.63. The third-order valence-corrected chi connectivity index (χ3v) is 5.97. The number of nitrogens with two attached hydrogens (primary N) is 1. The summed E-state index contributed by atoms with van der Waals surface area (Å²) in [5.74, 6) is -1.31. The summed E-state index contributed by atoms with van der Waals surface area (Å²) in [6.07, 6.45) is -1.05. The van der Waals surface area contributed by atoms with E-state index >= 15 is 4.39 Å². The van der Waals surface area contributed by atoms with Crippen LogP contribution >= 0.6 is 11.6 Å². The molecule has 9 heteroatoms. The van der Waals surface area contributed by atoms with Gasteiger partial charge in [-0.1, -0.05) is 41.9 Å². The molecule has 0 aromatic heterocycles. The number of rotatable bonds is 6. The van der Waals surface area contributed by atoms with Crippen molar-refractivity contribution in [3.8, 4) is 22.6 Å². The largest absolute Gasteiger partial charge is 0.494 e. The Bertz CT molecular complexity index is 1250. The molecule has 1 heterocycles. The number of benzene rings is 3. The summed E-state index contributed by atoms with van der Waals surface area (Å²) in [5, 5.41) is 11.8. The highest BCUT2D eigenvalue weighted by molar-refractivity contribution is 6.34. The Balaban J connectivity index is 1.94. The molecule has 7 nitrogen and oxygen atoms in total. The molecule has 2 amide bonds. The Kier molecular flexibility index (Phi) is 5.86. The van der Waals surface area contributed by atoms with Crippen molar-refractivity contribution >= 4 is 23.6 Å². The second-order valence-electron chi connectivity index (χ2n) is 7.57. The molecule has 0 saturated heterocycles. The number of primary amides is 1. The lowest BCUT2D eigenvalue weighted by Gasteiger charge is -2.29. The first-order valence-electron chi connectivity index (χ1n) is 9.97. The van der Waals surface area contributed by atoms with Crippen molar-refractivity contribution in [2.75, 3.05) is 13.7 Å². The predicted molar refractivity (Wildman–Crippen MR) is 120 cm³/mol. The van der Waals surface area contributed by atoms with Crippen molar-refractivity contribution in [2.45, 2.75) is 12.0 Å². The van der Waals surface area contributed by atoms with Gasteiger partial charge in [-0.2, -0.15) is 0 Å². The van der Waals surface area contributed by atoms with Gasteiger partial charge >= 0.3 is 6.09 Å². The fourth-order valence-electron chi connectivity index (χ4n) is 4.16. The van der Waals surface area contributed by atoms with Gasteiger partial charge < -0.3 is 25.6 Å². The van der Waals surface area contributed by atoms with Gasteiger partial charge in [0.05, 0.1) is 19.2 Å². The van der Waals surface area contributed by atoms with E-state index in [-0.39, 0.29) is 40.4 Å². The van der Waals surface area contributed by atoms with Crippen molar-refractivity contribution < 1.29 is 28.6 Å². The molecule has 1 atom stereocenters. The van der Waals surface area contributed by atoms with Crippen LogP contribution in [-0.4, -0.2) is 30.8 Å². The first-order chi connectivity index (χ1) is 15.8. The Labute approximate surface area is 193 Å². The van der Waals surface area contributed by atoms with Crippen LogP contribution in [-0.2, 0) is 12.0 Å². The minimum absolute atomic E-state index is 0.0653. The molecule has 1 aliphatic rings. The molecule has 0 fully saturated rings. The topological polar surface area (TPSA) is 111 Å². The summed E-state index contributed by atoms with van der Waals surface area (Å²) < 4.78 is 26.9. The highest BCUT2D eigenvalue weighted by Gasteiger charge is 2.43. The molecule has 0 spiro atoms. The van der Waals surface area contributed by atoms with Crippen LogP contribution in [0.25, 0.3) is 11.1 Å². The van der Waals surface area contributed by atoms with Crippen LogP contribution < -0.4 is 20.5 Å². The molecule has 4 rings (SSSR count). The first-order valence-corrected chi connectivity index (χ1v) is 10.3. The maximum atomic E-state index is 15.5. The average molecular weight is 471 g/mol. The summed E-state index contributed by atoms with van der Waals surface area (Å²) in [5.41, 5.74) is 5.75. The Morgan fingerprint density at radius 3 is 2.55 bits per heavy atom. The van der Waals surface area contributed by atoms with Crippen molar-refractivity contribution in [2.24, 2.45) is 5.73 Å². The second-order valence-corrected chi connectivity index (χ2v) is 7.97. The van der Waals surface area contributed by atoms with Gasteiger partial charge in [-0.25, -0.2) is 9.18 Å². The molecular formula is C24H20ClFN2O5. The van der Waals surface area contributed by atoms with Crippen LogP contribution in [0, 0.1) is 5.82 Å². The Morgan fingerprint density at radius 1 is 1.18 bits per heavy atom. The number of halogens is 2. The van der Waals surface area contributed by atoms with Crippen LogP contribution in [0.5, 0.6) is 11.5 Å². The number of ether oxygens (including phenoxy) is 2. The van der Waals surface area contributed by atoms with E-state index in [4.69, 9.17) is 26.8 Å². The molecule has 0 radical (unpaired) electrons. The van der Waals surface area contributed by atoms with Gasteiger partial charge in [-0.15, -0.1) is 0 Å². The molecule has 3 aromatic carbocycles. The minimum Gasteiger partial charge on any atom is -0.494 e. The lowest BCUT2D eigenvalue weighted by molar-refractivity contribution is 0.0898. The molecule has 33 heavy (non-hydrogen) atoms. The lowest BCUT2D eigenvalue weighted by atomic mass is 9.85. The van der Waals surface area contributed by atoms with Gasteiger partial charge in [0.1, 0.15) is 5.75 Å². The molecule has 4 N–H and O–H groups in total. The molecule has 3 aromatic rings. The molecule has 0 bridgehead atoms. The summed E-state index contributed by atoms with van der Waals surface area (Å²) in [4.78, 5) is 23.4. The number of hydrogen-bond donors (Lipinski definition) is 3. The van der Waals surface area contributed by atoms with E-state index in [0.29, 0.717) is 11.3 Å². The van der Waals surface area contributed by atoms with E-state index in [1.807, 2.05) is 30.3 Å². The van der Waals surface area contributed by atoms with Crippen LogP contribution in [0.2, 0.25) is 5.02 Å². The number of carboxylic acid groups (broad SMARTS) is 1. The van der Waals surface area contributed by atoms with Gasteiger partial charge in [0.25, 0.3) is 0 Å². The van der Waals surface area contributed by atoms with Crippen molar-refractivity contribution in [1.82, 2.24) is 5.32 Å². The monoisotopic (exact) mass is 470 g/mol. The van der Waals surface area contributed by atoms with Crippen LogP contribution in [0.15, 0.2) is 54.6 Å². The van der Waals surface area contributed by atoms with Gasteiger partial charge in [-0.3, -0.25) is 4.79 Å².